The quantitative estimate of drug-likeness (QED) is 0.341. The predicted molar refractivity (Wildman–Crippen MR) is 94.4 cm³/mol. The molecule has 22 heavy (non-hydrogen) atoms. The van der Waals surface area contributed by atoms with E-state index in [2.05, 4.69) is 11.9 Å². The van der Waals surface area contributed by atoms with E-state index in [0.717, 1.165) is 33.5 Å². The maximum absolute atomic E-state index is 6.30. The van der Waals surface area contributed by atoms with Gasteiger partial charge < -0.3 is 0 Å². The lowest BCUT2D eigenvalue weighted by molar-refractivity contribution is 0.907. The van der Waals surface area contributed by atoms with Crippen LogP contribution < -0.4 is 0 Å². The van der Waals surface area contributed by atoms with E-state index in [1.54, 1.807) is 23.9 Å². The summed E-state index contributed by atoms with van der Waals surface area (Å²) in [6.45, 7) is 2.08. The van der Waals surface area contributed by atoms with Crippen LogP contribution in [0.15, 0.2) is 35.6 Å². The Labute approximate surface area is 147 Å². The van der Waals surface area contributed by atoms with Crippen molar-refractivity contribution >= 4 is 52.2 Å². The molecule has 0 spiro atoms. The van der Waals surface area contributed by atoms with Crippen molar-refractivity contribution in [2.24, 2.45) is 0 Å². The van der Waals surface area contributed by atoms with Gasteiger partial charge in [-0.2, -0.15) is 0 Å². The van der Waals surface area contributed by atoms with Crippen LogP contribution in [0.2, 0.25) is 10.0 Å². The van der Waals surface area contributed by atoms with Crippen molar-refractivity contribution in [3.8, 4) is 11.3 Å². The molecule has 0 aliphatic carbocycles. The molecule has 2 heterocycles. The van der Waals surface area contributed by atoms with Gasteiger partial charge in [0.15, 0.2) is 5.16 Å². The molecule has 1 aromatic carbocycles. The van der Waals surface area contributed by atoms with Gasteiger partial charge in [-0.3, -0.25) is 4.40 Å². The molecule has 0 atom stereocenters. The molecule has 3 rings (SSSR count). The first-order chi connectivity index (χ1) is 10.6. The normalized spacial score (nSPS) is 11.3. The third-order valence-corrected chi connectivity index (χ3v) is 4.75. The summed E-state index contributed by atoms with van der Waals surface area (Å²) in [7, 11) is 0. The zero-order chi connectivity index (χ0) is 15.7. The van der Waals surface area contributed by atoms with Crippen molar-refractivity contribution in [1.29, 1.82) is 0 Å². The van der Waals surface area contributed by atoms with Gasteiger partial charge in [0.25, 0.3) is 0 Å². The number of thioether (sulfide) groups is 1. The highest BCUT2D eigenvalue weighted by Gasteiger charge is 2.13. The first-order valence-corrected chi connectivity index (χ1v) is 8.93. The van der Waals surface area contributed by atoms with Crippen molar-refractivity contribution in [1.82, 2.24) is 14.4 Å². The SMILES string of the molecule is CCSc1nc(-c2ccc(Cl)cc2Cl)cc2nc(CCl)cn12. The highest BCUT2D eigenvalue weighted by atomic mass is 35.5. The van der Waals surface area contributed by atoms with Crippen molar-refractivity contribution in [3.63, 3.8) is 0 Å². The second kappa shape index (κ2) is 6.67. The highest BCUT2D eigenvalue weighted by Crippen LogP contribution is 2.31. The molecule has 7 heteroatoms. The first kappa shape index (κ1) is 15.9. The molecule has 0 fully saturated rings. The van der Waals surface area contributed by atoms with Crippen LogP contribution in [0.3, 0.4) is 0 Å². The molecule has 0 amide bonds. The second-order valence-corrected chi connectivity index (χ2v) is 6.92. The smallest absolute Gasteiger partial charge is 0.174 e. The minimum absolute atomic E-state index is 0.370. The predicted octanol–water partition coefficient (Wildman–Crippen LogP) is 5.55. The summed E-state index contributed by atoms with van der Waals surface area (Å²) in [4.78, 5) is 9.23. The fraction of sp³-hybridized carbons (Fsp3) is 0.200. The second-order valence-electron chi connectivity index (χ2n) is 4.58. The van der Waals surface area contributed by atoms with E-state index in [9.17, 15) is 0 Å². The average Bonchev–Trinajstić information content (AvgIpc) is 2.91. The van der Waals surface area contributed by atoms with Crippen molar-refractivity contribution in [2.45, 2.75) is 18.0 Å². The zero-order valence-corrected chi connectivity index (χ0v) is 14.8. The molecule has 0 aliphatic heterocycles. The van der Waals surface area contributed by atoms with E-state index >= 15 is 0 Å². The van der Waals surface area contributed by atoms with E-state index < -0.39 is 0 Å². The Kier molecular flexibility index (Phi) is 4.83. The Balaban J connectivity index is 2.21. The Morgan fingerprint density at radius 3 is 2.68 bits per heavy atom. The number of fused-ring (bicyclic) bond motifs is 1. The van der Waals surface area contributed by atoms with Crippen LogP contribution in [0.1, 0.15) is 12.6 Å². The van der Waals surface area contributed by atoms with Crippen LogP contribution in [0, 0.1) is 0 Å². The van der Waals surface area contributed by atoms with E-state index in [4.69, 9.17) is 39.8 Å². The summed E-state index contributed by atoms with van der Waals surface area (Å²) in [5.74, 6) is 1.28. The minimum atomic E-state index is 0.370. The van der Waals surface area contributed by atoms with Crippen LogP contribution in [0.4, 0.5) is 0 Å². The van der Waals surface area contributed by atoms with Crippen LogP contribution in [0.5, 0.6) is 0 Å². The van der Waals surface area contributed by atoms with Gasteiger partial charge in [0, 0.05) is 22.8 Å². The summed E-state index contributed by atoms with van der Waals surface area (Å²) in [5.41, 5.74) is 3.24. The molecule has 2 aromatic heterocycles. The number of hydrogen-bond donors (Lipinski definition) is 0. The summed E-state index contributed by atoms with van der Waals surface area (Å²) in [6, 6.07) is 7.30. The first-order valence-electron chi connectivity index (χ1n) is 6.65. The Hall–Kier alpha value is -0.940. The van der Waals surface area contributed by atoms with E-state index in [-0.39, 0.29) is 0 Å². The Morgan fingerprint density at radius 2 is 2.00 bits per heavy atom. The van der Waals surface area contributed by atoms with Gasteiger partial charge in [-0.1, -0.05) is 41.9 Å². The number of halogens is 3. The van der Waals surface area contributed by atoms with Crippen LogP contribution in [-0.2, 0) is 5.88 Å². The third-order valence-electron chi connectivity index (χ3n) is 3.09. The van der Waals surface area contributed by atoms with Gasteiger partial charge in [0.1, 0.15) is 5.65 Å². The largest absolute Gasteiger partial charge is 0.278 e. The molecule has 0 N–H and O–H groups in total. The molecule has 0 saturated carbocycles. The van der Waals surface area contributed by atoms with Crippen molar-refractivity contribution in [3.05, 3.63) is 46.2 Å². The van der Waals surface area contributed by atoms with Crippen LogP contribution in [0.25, 0.3) is 16.9 Å². The number of rotatable bonds is 4. The Bertz CT molecular complexity index is 832. The average molecular weight is 373 g/mol. The highest BCUT2D eigenvalue weighted by molar-refractivity contribution is 7.99. The molecule has 3 nitrogen and oxygen atoms in total. The molecule has 3 aromatic rings. The molecular formula is C15H12Cl3N3S. The van der Waals surface area contributed by atoms with E-state index in [1.807, 2.05) is 22.7 Å². The van der Waals surface area contributed by atoms with Crippen molar-refractivity contribution in [2.75, 3.05) is 5.75 Å². The molecule has 0 aliphatic rings. The van der Waals surface area contributed by atoms with Gasteiger partial charge in [0.2, 0.25) is 0 Å². The summed E-state index contributed by atoms with van der Waals surface area (Å²) >= 11 is 19.8. The summed E-state index contributed by atoms with van der Waals surface area (Å²) in [6.07, 6.45) is 1.92. The van der Waals surface area contributed by atoms with Crippen LogP contribution >= 0.6 is 46.6 Å². The molecule has 0 unspecified atom stereocenters. The number of nitrogens with zero attached hydrogens (tertiary/aromatic N) is 3. The number of hydrogen-bond acceptors (Lipinski definition) is 3. The van der Waals surface area contributed by atoms with Gasteiger partial charge >= 0.3 is 0 Å². The van der Waals surface area contributed by atoms with Gasteiger partial charge in [-0.25, -0.2) is 9.97 Å². The van der Waals surface area contributed by atoms with Gasteiger partial charge in [-0.15, -0.1) is 11.6 Å². The molecular weight excluding hydrogens is 361 g/mol. The molecule has 114 valence electrons. The lowest BCUT2D eigenvalue weighted by Gasteiger charge is -2.08. The maximum atomic E-state index is 6.30. The topological polar surface area (TPSA) is 30.2 Å². The molecule has 0 bridgehead atoms. The summed E-state index contributed by atoms with van der Waals surface area (Å²) in [5, 5.41) is 2.04. The lowest BCUT2D eigenvalue weighted by atomic mass is 10.1. The number of benzene rings is 1. The number of aromatic nitrogens is 3. The zero-order valence-electron chi connectivity index (χ0n) is 11.7. The molecule has 0 radical (unpaired) electrons. The van der Waals surface area contributed by atoms with Crippen molar-refractivity contribution < 1.29 is 0 Å². The van der Waals surface area contributed by atoms with E-state index in [1.165, 1.54) is 0 Å². The van der Waals surface area contributed by atoms with Crippen LogP contribution in [-0.4, -0.2) is 20.1 Å². The monoisotopic (exact) mass is 371 g/mol. The number of alkyl halides is 1. The fourth-order valence-electron chi connectivity index (χ4n) is 2.14. The minimum Gasteiger partial charge on any atom is -0.278 e. The Morgan fingerprint density at radius 1 is 1.18 bits per heavy atom. The number of imidazole rings is 1. The summed E-state index contributed by atoms with van der Waals surface area (Å²) < 4.78 is 1.96. The van der Waals surface area contributed by atoms with Gasteiger partial charge in [0.05, 0.1) is 22.3 Å². The lowest BCUT2D eigenvalue weighted by Crippen LogP contribution is -1.96. The molecule has 0 saturated heterocycles. The fourth-order valence-corrected chi connectivity index (χ4v) is 3.48. The standard InChI is InChI=1S/C15H12Cl3N3S/c1-2-22-15-20-13(11-4-3-9(17)5-12(11)18)6-14-19-10(7-16)8-21(14)15/h3-6,8H,2,7H2,1H3. The van der Waals surface area contributed by atoms with Gasteiger partial charge in [-0.05, 0) is 24.0 Å². The third kappa shape index (κ3) is 3.06. The maximum Gasteiger partial charge on any atom is 0.174 e. The van der Waals surface area contributed by atoms with E-state index in [0.29, 0.717) is 15.9 Å².